The first-order chi connectivity index (χ1) is 17.4. The molecule has 7 heteroatoms. The van der Waals surface area contributed by atoms with Crippen molar-refractivity contribution in [1.29, 1.82) is 0 Å². The topological polar surface area (TPSA) is 84.7 Å². The Morgan fingerprint density at radius 2 is 1.83 bits per heavy atom. The highest BCUT2D eigenvalue weighted by Gasteiger charge is 2.45. The minimum Gasteiger partial charge on any atom is -0.507 e. The summed E-state index contributed by atoms with van der Waals surface area (Å²) >= 11 is 0. The molecule has 0 unspecified atom stereocenters. The van der Waals surface area contributed by atoms with Crippen molar-refractivity contribution in [3.05, 3.63) is 102 Å². The Morgan fingerprint density at radius 3 is 2.44 bits per heavy atom. The van der Waals surface area contributed by atoms with Crippen molar-refractivity contribution in [2.45, 2.75) is 38.8 Å². The van der Waals surface area contributed by atoms with Gasteiger partial charge < -0.3 is 19.3 Å². The van der Waals surface area contributed by atoms with Crippen LogP contribution in [0, 0.1) is 0 Å². The molecule has 186 valence electrons. The second-order valence-electron chi connectivity index (χ2n) is 9.09. The number of aromatic nitrogens is 2. The van der Waals surface area contributed by atoms with Gasteiger partial charge in [-0.3, -0.25) is 9.59 Å². The molecule has 3 aromatic rings. The molecular weight excluding hydrogens is 454 g/mol. The van der Waals surface area contributed by atoms with Crippen LogP contribution in [-0.2, 0) is 16.1 Å². The van der Waals surface area contributed by atoms with E-state index in [1.54, 1.807) is 47.8 Å². The molecule has 2 heterocycles. The van der Waals surface area contributed by atoms with Gasteiger partial charge in [-0.15, -0.1) is 0 Å². The number of aryl methyl sites for hydroxylation is 1. The summed E-state index contributed by atoms with van der Waals surface area (Å²) in [6.45, 7) is 9.24. The van der Waals surface area contributed by atoms with Crippen LogP contribution in [-0.4, -0.2) is 44.4 Å². The van der Waals surface area contributed by atoms with Gasteiger partial charge in [0.2, 0.25) is 0 Å². The summed E-state index contributed by atoms with van der Waals surface area (Å²) in [4.78, 5) is 32.0. The van der Waals surface area contributed by atoms with E-state index in [1.165, 1.54) is 0 Å². The molecule has 1 aliphatic rings. The van der Waals surface area contributed by atoms with Crippen molar-refractivity contribution in [3.63, 3.8) is 0 Å². The van der Waals surface area contributed by atoms with Gasteiger partial charge in [0.05, 0.1) is 17.9 Å². The lowest BCUT2D eigenvalue weighted by molar-refractivity contribution is -0.139. The number of rotatable bonds is 10. The van der Waals surface area contributed by atoms with E-state index in [4.69, 9.17) is 4.74 Å². The number of amides is 1. The van der Waals surface area contributed by atoms with Gasteiger partial charge in [0.25, 0.3) is 11.7 Å². The van der Waals surface area contributed by atoms with Crippen molar-refractivity contribution in [2.75, 3.05) is 13.2 Å². The number of ether oxygens (including phenoxy) is 1. The molecule has 1 N–H and O–H groups in total. The molecule has 4 rings (SSSR count). The van der Waals surface area contributed by atoms with Crippen LogP contribution in [0.5, 0.6) is 5.75 Å². The second kappa shape index (κ2) is 11.1. The van der Waals surface area contributed by atoms with E-state index in [0.29, 0.717) is 43.3 Å². The summed E-state index contributed by atoms with van der Waals surface area (Å²) in [5.41, 5.74) is 2.49. The fourth-order valence-electron chi connectivity index (χ4n) is 4.38. The summed E-state index contributed by atoms with van der Waals surface area (Å²) in [6.07, 6.45) is 7.57. The largest absolute Gasteiger partial charge is 0.507 e. The van der Waals surface area contributed by atoms with Gasteiger partial charge in [-0.2, -0.15) is 0 Å². The molecule has 0 radical (unpaired) electrons. The molecule has 0 aliphatic carbocycles. The number of hydrogen-bond donors (Lipinski definition) is 1. The first-order valence-corrected chi connectivity index (χ1v) is 12.1. The van der Waals surface area contributed by atoms with Crippen LogP contribution in [0.15, 0.2) is 85.5 Å². The molecule has 1 aromatic heterocycles. The van der Waals surface area contributed by atoms with Crippen molar-refractivity contribution in [2.24, 2.45) is 0 Å². The van der Waals surface area contributed by atoms with Crippen molar-refractivity contribution >= 4 is 17.4 Å². The van der Waals surface area contributed by atoms with E-state index in [1.807, 2.05) is 35.0 Å². The molecule has 36 heavy (non-hydrogen) atoms. The number of aliphatic hydroxyl groups excluding tert-OH is 1. The van der Waals surface area contributed by atoms with Crippen LogP contribution in [0.25, 0.3) is 5.76 Å². The van der Waals surface area contributed by atoms with Crippen molar-refractivity contribution in [3.8, 4) is 5.75 Å². The fourth-order valence-corrected chi connectivity index (χ4v) is 4.38. The Morgan fingerprint density at radius 1 is 1.11 bits per heavy atom. The molecular formula is C29H31N3O4. The molecule has 1 amide bonds. The van der Waals surface area contributed by atoms with E-state index in [2.05, 4.69) is 25.4 Å². The number of carbonyl (C=O) groups is 2. The highest BCUT2D eigenvalue weighted by molar-refractivity contribution is 6.46. The first-order valence-electron chi connectivity index (χ1n) is 12.1. The molecule has 1 atom stereocenters. The third kappa shape index (κ3) is 5.25. The molecule has 2 aromatic carbocycles. The third-order valence-corrected chi connectivity index (χ3v) is 6.33. The van der Waals surface area contributed by atoms with E-state index >= 15 is 0 Å². The van der Waals surface area contributed by atoms with Gasteiger partial charge in [-0.1, -0.05) is 50.8 Å². The predicted octanol–water partition coefficient (Wildman–Crippen LogP) is 5.08. The van der Waals surface area contributed by atoms with E-state index in [0.717, 1.165) is 11.1 Å². The lowest BCUT2D eigenvalue weighted by atomic mass is 9.93. The van der Waals surface area contributed by atoms with Gasteiger partial charge in [-0.25, -0.2) is 4.98 Å². The Hall–Kier alpha value is -4.13. The number of Topliss-reactive ketones (excluding diaryl/α,β-unsaturated/α-hetero) is 1. The third-order valence-electron chi connectivity index (χ3n) is 6.33. The Bertz CT molecular complexity index is 1240. The van der Waals surface area contributed by atoms with Crippen molar-refractivity contribution in [1.82, 2.24) is 14.5 Å². The molecule has 1 aliphatic heterocycles. The number of hydrogen-bond acceptors (Lipinski definition) is 5. The maximum absolute atomic E-state index is 13.2. The maximum atomic E-state index is 13.2. The number of likely N-dealkylation sites (tertiary alicyclic amines) is 1. The Kier molecular flexibility index (Phi) is 7.68. The van der Waals surface area contributed by atoms with Crippen LogP contribution in [0.3, 0.4) is 0 Å². The first kappa shape index (κ1) is 25.0. The van der Waals surface area contributed by atoms with Gasteiger partial charge in [0.15, 0.2) is 0 Å². The zero-order valence-corrected chi connectivity index (χ0v) is 20.6. The minimum atomic E-state index is -0.681. The monoisotopic (exact) mass is 485 g/mol. The second-order valence-corrected chi connectivity index (χ2v) is 9.09. The lowest BCUT2D eigenvalue weighted by Crippen LogP contribution is -2.31. The number of nitrogens with zero attached hydrogens (tertiary/aromatic N) is 3. The number of imidazole rings is 1. The summed E-state index contributed by atoms with van der Waals surface area (Å²) in [6, 6.07) is 14.0. The fraction of sp³-hybridized carbons (Fsp3) is 0.276. The molecule has 0 spiro atoms. The van der Waals surface area contributed by atoms with Crippen molar-refractivity contribution < 1.29 is 19.4 Å². The number of ketones is 1. The van der Waals surface area contributed by atoms with Gasteiger partial charge in [-0.05, 0) is 47.7 Å². The Labute approximate surface area is 211 Å². The van der Waals surface area contributed by atoms with Crippen LogP contribution in [0.2, 0.25) is 0 Å². The van der Waals surface area contributed by atoms with Gasteiger partial charge in [0, 0.05) is 31.0 Å². The van der Waals surface area contributed by atoms with E-state index in [-0.39, 0.29) is 11.3 Å². The van der Waals surface area contributed by atoms with Crippen LogP contribution >= 0.6 is 0 Å². The molecule has 1 saturated heterocycles. The van der Waals surface area contributed by atoms with Gasteiger partial charge in [0.1, 0.15) is 18.1 Å². The average Bonchev–Trinajstić information content (AvgIpc) is 3.50. The van der Waals surface area contributed by atoms with E-state index in [9.17, 15) is 14.7 Å². The minimum absolute atomic E-state index is 0.0969. The summed E-state index contributed by atoms with van der Waals surface area (Å²) < 4.78 is 7.44. The zero-order valence-electron chi connectivity index (χ0n) is 20.6. The average molecular weight is 486 g/mol. The normalized spacial score (nSPS) is 17.1. The molecule has 0 bridgehead atoms. The summed E-state index contributed by atoms with van der Waals surface area (Å²) in [7, 11) is 0. The number of aliphatic hydroxyl groups is 1. The number of benzene rings is 2. The SMILES string of the molecule is C=CCOc1ccc(C(O)=C2C(=O)C(=O)N(CCCn3ccnc3)[C@@H]2c2ccc(C(C)C)cc2)cc1. The highest BCUT2D eigenvalue weighted by atomic mass is 16.5. The van der Waals surface area contributed by atoms with Crippen LogP contribution < -0.4 is 4.74 Å². The van der Waals surface area contributed by atoms with Crippen LogP contribution in [0.4, 0.5) is 0 Å². The predicted molar refractivity (Wildman–Crippen MR) is 139 cm³/mol. The molecule has 0 saturated carbocycles. The quantitative estimate of drug-likeness (QED) is 0.187. The smallest absolute Gasteiger partial charge is 0.295 e. The lowest BCUT2D eigenvalue weighted by Gasteiger charge is -2.26. The standard InChI is InChI=1S/C29H31N3O4/c1-4-18-36-24-12-10-23(11-13-24)27(33)25-26(22-8-6-21(7-9-22)20(2)3)32(29(35)28(25)34)16-5-15-31-17-14-30-19-31/h4,6-14,17,19-20,26,33H,1,5,15-16,18H2,2-3H3/t26-/m1/s1. The molecule has 7 nitrogen and oxygen atoms in total. The number of carbonyl (C=O) groups excluding carboxylic acids is 2. The Balaban J connectivity index is 1.70. The van der Waals surface area contributed by atoms with E-state index < -0.39 is 17.7 Å². The highest BCUT2D eigenvalue weighted by Crippen LogP contribution is 2.40. The summed E-state index contributed by atoms with van der Waals surface area (Å²) in [5, 5.41) is 11.3. The maximum Gasteiger partial charge on any atom is 0.295 e. The summed E-state index contributed by atoms with van der Waals surface area (Å²) in [5.74, 6) is -0.514. The van der Waals surface area contributed by atoms with Gasteiger partial charge >= 0.3 is 0 Å². The zero-order chi connectivity index (χ0) is 25.7. The molecule has 1 fully saturated rings. The van der Waals surface area contributed by atoms with Crippen LogP contribution in [0.1, 0.15) is 48.9 Å².